The zero-order valence-corrected chi connectivity index (χ0v) is 13.0. The van der Waals surface area contributed by atoms with Gasteiger partial charge in [-0.25, -0.2) is 0 Å². The number of pyridine rings is 1. The van der Waals surface area contributed by atoms with E-state index in [1.54, 1.807) is 10.6 Å². The lowest BCUT2D eigenvalue weighted by Crippen LogP contribution is -2.26. The van der Waals surface area contributed by atoms with Crippen molar-refractivity contribution < 1.29 is 0 Å². The van der Waals surface area contributed by atoms with Crippen LogP contribution in [0, 0.1) is 25.2 Å². The van der Waals surface area contributed by atoms with Crippen LogP contribution in [-0.4, -0.2) is 4.57 Å². The molecule has 2 rings (SSSR count). The number of hydrogen-bond acceptors (Lipinski definition) is 2. The Morgan fingerprint density at radius 1 is 1.24 bits per heavy atom. The standard InChI is InChI=1S/C18H20N2O/c1-5-14(4)20-17(9-7-15(11-19)18(20)21)16-8-6-12(2)10-13(16)3/h6-10,14H,5H2,1-4H3. The number of aryl methyl sites for hydroxylation is 2. The van der Waals surface area contributed by atoms with E-state index in [1.165, 1.54) is 5.56 Å². The second kappa shape index (κ2) is 5.97. The Balaban J connectivity index is 2.78. The maximum Gasteiger partial charge on any atom is 0.269 e. The van der Waals surface area contributed by atoms with Gasteiger partial charge in [0.25, 0.3) is 5.56 Å². The number of rotatable bonds is 3. The van der Waals surface area contributed by atoms with Crippen LogP contribution in [0.5, 0.6) is 0 Å². The molecule has 0 spiro atoms. The summed E-state index contributed by atoms with van der Waals surface area (Å²) in [6.07, 6.45) is 0.840. The molecule has 2 aromatic rings. The molecule has 3 heteroatoms. The van der Waals surface area contributed by atoms with E-state index in [1.807, 2.05) is 45.0 Å². The first-order valence-electron chi connectivity index (χ1n) is 7.22. The maximum atomic E-state index is 12.5. The molecule has 1 atom stereocenters. The van der Waals surface area contributed by atoms with Crippen molar-refractivity contribution in [1.82, 2.24) is 4.57 Å². The zero-order chi connectivity index (χ0) is 15.6. The Bertz CT molecular complexity index is 766. The van der Waals surface area contributed by atoms with Gasteiger partial charge in [-0.1, -0.05) is 30.7 Å². The molecule has 0 aliphatic carbocycles. The Kier molecular flexibility index (Phi) is 4.28. The molecule has 21 heavy (non-hydrogen) atoms. The third-order valence-electron chi connectivity index (χ3n) is 3.93. The fourth-order valence-electron chi connectivity index (χ4n) is 2.58. The molecule has 0 aliphatic heterocycles. The monoisotopic (exact) mass is 280 g/mol. The van der Waals surface area contributed by atoms with Gasteiger partial charge in [0.15, 0.2) is 0 Å². The van der Waals surface area contributed by atoms with Gasteiger partial charge in [-0.05, 0) is 44.9 Å². The summed E-state index contributed by atoms with van der Waals surface area (Å²) in [5.74, 6) is 0. The minimum absolute atomic E-state index is 0.0569. The molecule has 0 fully saturated rings. The lowest BCUT2D eigenvalue weighted by Gasteiger charge is -2.20. The first-order valence-corrected chi connectivity index (χ1v) is 7.22. The minimum atomic E-state index is -0.204. The van der Waals surface area contributed by atoms with Gasteiger partial charge in [-0.15, -0.1) is 0 Å². The largest absolute Gasteiger partial charge is 0.304 e. The predicted molar refractivity (Wildman–Crippen MR) is 85.3 cm³/mol. The molecule has 0 radical (unpaired) electrons. The van der Waals surface area contributed by atoms with Gasteiger partial charge in [0.2, 0.25) is 0 Å². The quantitative estimate of drug-likeness (QED) is 0.853. The second-order valence-corrected chi connectivity index (χ2v) is 5.49. The fourth-order valence-corrected chi connectivity index (χ4v) is 2.58. The highest BCUT2D eigenvalue weighted by molar-refractivity contribution is 5.65. The van der Waals surface area contributed by atoms with Crippen LogP contribution in [0.2, 0.25) is 0 Å². The number of benzene rings is 1. The van der Waals surface area contributed by atoms with Crippen molar-refractivity contribution in [3.05, 3.63) is 57.4 Å². The van der Waals surface area contributed by atoms with Crippen molar-refractivity contribution in [2.24, 2.45) is 0 Å². The summed E-state index contributed by atoms with van der Waals surface area (Å²) in [5, 5.41) is 9.09. The summed E-state index contributed by atoms with van der Waals surface area (Å²) in [4.78, 5) is 12.5. The van der Waals surface area contributed by atoms with Crippen LogP contribution in [-0.2, 0) is 0 Å². The van der Waals surface area contributed by atoms with Gasteiger partial charge in [0.05, 0.1) is 5.69 Å². The van der Waals surface area contributed by atoms with Crippen molar-refractivity contribution in [1.29, 1.82) is 5.26 Å². The van der Waals surface area contributed by atoms with E-state index < -0.39 is 0 Å². The summed E-state index contributed by atoms with van der Waals surface area (Å²) < 4.78 is 1.75. The summed E-state index contributed by atoms with van der Waals surface area (Å²) in [6, 6.07) is 11.7. The maximum absolute atomic E-state index is 12.5. The van der Waals surface area contributed by atoms with Crippen molar-refractivity contribution in [2.45, 2.75) is 40.2 Å². The van der Waals surface area contributed by atoms with Gasteiger partial charge in [0.1, 0.15) is 11.6 Å². The molecule has 1 aromatic carbocycles. The molecule has 108 valence electrons. The van der Waals surface area contributed by atoms with Gasteiger partial charge in [0, 0.05) is 11.6 Å². The van der Waals surface area contributed by atoms with Crippen LogP contribution in [0.4, 0.5) is 0 Å². The highest BCUT2D eigenvalue weighted by Crippen LogP contribution is 2.26. The van der Waals surface area contributed by atoms with Crippen LogP contribution in [0.25, 0.3) is 11.3 Å². The SMILES string of the molecule is CCC(C)n1c(-c2ccc(C)cc2C)ccc(C#N)c1=O. The molecule has 0 amide bonds. The summed E-state index contributed by atoms with van der Waals surface area (Å²) >= 11 is 0. The van der Waals surface area contributed by atoms with E-state index in [0.29, 0.717) is 0 Å². The molecule has 1 aromatic heterocycles. The summed E-state index contributed by atoms with van der Waals surface area (Å²) in [5.41, 5.74) is 4.25. The normalized spacial score (nSPS) is 12.0. The number of nitriles is 1. The smallest absolute Gasteiger partial charge is 0.269 e. The number of aromatic nitrogens is 1. The van der Waals surface area contributed by atoms with Crippen LogP contribution in [0.3, 0.4) is 0 Å². The fraction of sp³-hybridized carbons (Fsp3) is 0.333. The number of nitrogens with zero attached hydrogens (tertiary/aromatic N) is 2. The van der Waals surface area contributed by atoms with Crippen molar-refractivity contribution in [2.75, 3.05) is 0 Å². The van der Waals surface area contributed by atoms with Gasteiger partial charge < -0.3 is 4.57 Å². The third-order valence-corrected chi connectivity index (χ3v) is 3.93. The first kappa shape index (κ1) is 15.1. The van der Waals surface area contributed by atoms with Gasteiger partial charge in [-0.3, -0.25) is 4.79 Å². The molecular formula is C18H20N2O. The van der Waals surface area contributed by atoms with Crippen LogP contribution >= 0.6 is 0 Å². The van der Waals surface area contributed by atoms with Crippen molar-refractivity contribution >= 4 is 0 Å². The van der Waals surface area contributed by atoms with Crippen molar-refractivity contribution in [3.8, 4) is 17.3 Å². The van der Waals surface area contributed by atoms with Gasteiger partial charge >= 0.3 is 0 Å². The van der Waals surface area contributed by atoms with Gasteiger partial charge in [-0.2, -0.15) is 5.26 Å². The topological polar surface area (TPSA) is 45.8 Å². The molecule has 0 saturated heterocycles. The highest BCUT2D eigenvalue weighted by atomic mass is 16.1. The van der Waals surface area contributed by atoms with Crippen molar-refractivity contribution in [3.63, 3.8) is 0 Å². The average Bonchev–Trinajstić information content (AvgIpc) is 2.46. The Morgan fingerprint density at radius 2 is 1.95 bits per heavy atom. The highest BCUT2D eigenvalue weighted by Gasteiger charge is 2.15. The molecule has 0 saturated carbocycles. The average molecular weight is 280 g/mol. The molecule has 0 N–H and O–H groups in total. The van der Waals surface area contributed by atoms with Crippen LogP contribution in [0.15, 0.2) is 35.1 Å². The Morgan fingerprint density at radius 3 is 2.52 bits per heavy atom. The third kappa shape index (κ3) is 2.75. The molecule has 0 bridgehead atoms. The van der Waals surface area contributed by atoms with E-state index >= 15 is 0 Å². The lowest BCUT2D eigenvalue weighted by atomic mass is 10.0. The zero-order valence-electron chi connectivity index (χ0n) is 13.0. The van der Waals surface area contributed by atoms with E-state index in [4.69, 9.17) is 5.26 Å². The predicted octanol–water partition coefficient (Wildman–Crippen LogP) is 3.97. The van der Waals surface area contributed by atoms with E-state index in [9.17, 15) is 4.79 Å². The summed E-state index contributed by atoms with van der Waals surface area (Å²) in [7, 11) is 0. The molecule has 1 unspecified atom stereocenters. The molecule has 0 aliphatic rings. The minimum Gasteiger partial charge on any atom is -0.304 e. The molecule has 3 nitrogen and oxygen atoms in total. The van der Waals surface area contributed by atoms with E-state index in [-0.39, 0.29) is 17.2 Å². The summed E-state index contributed by atoms with van der Waals surface area (Å²) in [6.45, 7) is 8.15. The van der Waals surface area contributed by atoms with Crippen LogP contribution < -0.4 is 5.56 Å². The molecular weight excluding hydrogens is 260 g/mol. The Hall–Kier alpha value is -2.34. The molecule has 1 heterocycles. The number of hydrogen-bond donors (Lipinski definition) is 0. The van der Waals surface area contributed by atoms with E-state index in [2.05, 4.69) is 13.0 Å². The van der Waals surface area contributed by atoms with Crippen LogP contribution in [0.1, 0.15) is 43.0 Å². The lowest BCUT2D eigenvalue weighted by molar-refractivity contribution is 0.519. The first-order chi connectivity index (χ1) is 9.99. The Labute approximate surface area is 125 Å². The second-order valence-electron chi connectivity index (χ2n) is 5.49. The van der Waals surface area contributed by atoms with E-state index in [0.717, 1.165) is 23.2 Å².